The lowest BCUT2D eigenvalue weighted by Crippen LogP contribution is -2.09. The predicted molar refractivity (Wildman–Crippen MR) is 202 cm³/mol. The van der Waals surface area contributed by atoms with Crippen LogP contribution in [0.25, 0.3) is 59.1 Å². The van der Waals surface area contributed by atoms with E-state index in [0.717, 1.165) is 11.4 Å². The maximum Gasteiger partial charge on any atom is 0.0728 e. The van der Waals surface area contributed by atoms with Gasteiger partial charge >= 0.3 is 0 Å². The Labute approximate surface area is 278 Å². The van der Waals surface area contributed by atoms with Gasteiger partial charge in [0.15, 0.2) is 0 Å². The number of anilines is 3. The molecule has 0 aliphatic carbocycles. The van der Waals surface area contributed by atoms with Gasteiger partial charge in [0.2, 0.25) is 0 Å². The number of hydrogen-bond acceptors (Lipinski definition) is 2. The number of rotatable bonds is 6. The van der Waals surface area contributed by atoms with E-state index in [1.165, 1.54) is 64.8 Å². The Morgan fingerprint density at radius 3 is 1.57 bits per heavy atom. The SMILES string of the molecule is c1ccc(-c2ccc(-c3ccc(N(c4ccccc4)c4cccc5c4sc4c6ccccc6n(-c6ccccc6)c54)cc3)cc2)cc1. The maximum absolute atomic E-state index is 2.43. The minimum absolute atomic E-state index is 1.13. The van der Waals surface area contributed by atoms with Crippen LogP contribution in [0.1, 0.15) is 0 Å². The summed E-state index contributed by atoms with van der Waals surface area (Å²) in [5, 5.41) is 2.55. The van der Waals surface area contributed by atoms with Gasteiger partial charge in [-0.15, -0.1) is 11.3 Å². The normalized spacial score (nSPS) is 11.4. The third kappa shape index (κ3) is 4.72. The molecule has 0 fully saturated rings. The lowest BCUT2D eigenvalue weighted by molar-refractivity contribution is 1.19. The molecule has 3 heteroatoms. The lowest BCUT2D eigenvalue weighted by atomic mass is 10.00. The molecule has 0 radical (unpaired) electrons. The van der Waals surface area contributed by atoms with Crippen LogP contribution in [0.3, 0.4) is 0 Å². The first-order chi connectivity index (χ1) is 23.3. The van der Waals surface area contributed by atoms with Crippen LogP contribution in [0, 0.1) is 0 Å². The molecule has 0 atom stereocenters. The molecule has 7 aromatic carbocycles. The van der Waals surface area contributed by atoms with Crippen LogP contribution in [-0.2, 0) is 0 Å². The van der Waals surface area contributed by atoms with Gasteiger partial charge in [-0.2, -0.15) is 0 Å². The monoisotopic (exact) mass is 618 g/mol. The zero-order valence-electron chi connectivity index (χ0n) is 25.6. The largest absolute Gasteiger partial charge is 0.309 e. The molecular formula is C44H30N2S. The molecule has 222 valence electrons. The van der Waals surface area contributed by atoms with Gasteiger partial charge in [-0.25, -0.2) is 0 Å². The quantitative estimate of drug-likeness (QED) is 0.180. The van der Waals surface area contributed by atoms with Crippen molar-refractivity contribution in [3.8, 4) is 27.9 Å². The average molecular weight is 619 g/mol. The highest BCUT2D eigenvalue weighted by Gasteiger charge is 2.22. The Bertz CT molecular complexity index is 2480. The van der Waals surface area contributed by atoms with E-state index in [9.17, 15) is 0 Å². The van der Waals surface area contributed by atoms with Crippen molar-refractivity contribution in [2.75, 3.05) is 4.90 Å². The summed E-state index contributed by atoms with van der Waals surface area (Å²) in [5.74, 6) is 0. The molecule has 0 aliphatic heterocycles. The van der Waals surface area contributed by atoms with Crippen molar-refractivity contribution in [3.63, 3.8) is 0 Å². The van der Waals surface area contributed by atoms with Gasteiger partial charge in [0.1, 0.15) is 0 Å². The van der Waals surface area contributed by atoms with E-state index in [4.69, 9.17) is 0 Å². The van der Waals surface area contributed by atoms with Gasteiger partial charge in [0, 0.05) is 27.8 Å². The number of para-hydroxylation sites is 3. The summed E-state index contributed by atoms with van der Waals surface area (Å²) < 4.78 is 5.02. The molecule has 0 saturated heterocycles. The van der Waals surface area contributed by atoms with Crippen LogP contribution < -0.4 is 4.90 Å². The molecule has 0 aliphatic rings. The van der Waals surface area contributed by atoms with Crippen LogP contribution in [-0.4, -0.2) is 4.57 Å². The van der Waals surface area contributed by atoms with Crippen molar-refractivity contribution in [2.24, 2.45) is 0 Å². The van der Waals surface area contributed by atoms with Gasteiger partial charge in [-0.3, -0.25) is 0 Å². The molecular weight excluding hydrogens is 589 g/mol. The Kier molecular flexibility index (Phi) is 6.69. The highest BCUT2D eigenvalue weighted by Crippen LogP contribution is 2.48. The summed E-state index contributed by atoms with van der Waals surface area (Å²) in [4.78, 5) is 2.40. The van der Waals surface area contributed by atoms with Crippen LogP contribution in [0.15, 0.2) is 182 Å². The first kappa shape index (κ1) is 27.4. The molecule has 9 aromatic rings. The van der Waals surface area contributed by atoms with E-state index in [0.29, 0.717) is 0 Å². The van der Waals surface area contributed by atoms with Gasteiger partial charge in [-0.05, 0) is 70.8 Å². The Hall–Kier alpha value is -5.90. The van der Waals surface area contributed by atoms with E-state index >= 15 is 0 Å². The zero-order chi connectivity index (χ0) is 31.2. The highest BCUT2D eigenvalue weighted by atomic mass is 32.1. The van der Waals surface area contributed by atoms with E-state index in [1.807, 2.05) is 11.3 Å². The Morgan fingerprint density at radius 1 is 0.383 bits per heavy atom. The van der Waals surface area contributed by atoms with Crippen LogP contribution in [0.4, 0.5) is 17.1 Å². The van der Waals surface area contributed by atoms with Crippen LogP contribution in [0.2, 0.25) is 0 Å². The summed E-state index contributed by atoms with van der Waals surface area (Å²) in [7, 11) is 0. The first-order valence-electron chi connectivity index (χ1n) is 15.9. The fraction of sp³-hybridized carbons (Fsp3) is 0. The summed E-state index contributed by atoms with van der Waals surface area (Å²) >= 11 is 1.89. The smallest absolute Gasteiger partial charge is 0.0728 e. The van der Waals surface area contributed by atoms with Crippen molar-refractivity contribution >= 4 is 59.6 Å². The predicted octanol–water partition coefficient (Wildman–Crippen LogP) is 12.8. The molecule has 0 saturated carbocycles. The lowest BCUT2D eigenvalue weighted by Gasteiger charge is -2.26. The third-order valence-electron chi connectivity index (χ3n) is 9.00. The van der Waals surface area contributed by atoms with Crippen molar-refractivity contribution in [1.29, 1.82) is 0 Å². The van der Waals surface area contributed by atoms with Gasteiger partial charge in [0.05, 0.1) is 26.1 Å². The highest BCUT2D eigenvalue weighted by molar-refractivity contribution is 7.27. The second kappa shape index (κ2) is 11.5. The number of nitrogens with zero attached hydrogens (tertiary/aromatic N) is 2. The van der Waals surface area contributed by atoms with E-state index in [1.54, 1.807) is 0 Å². The number of fused-ring (bicyclic) bond motifs is 5. The number of benzene rings is 7. The molecule has 47 heavy (non-hydrogen) atoms. The van der Waals surface area contributed by atoms with Crippen LogP contribution in [0.5, 0.6) is 0 Å². The van der Waals surface area contributed by atoms with Gasteiger partial charge in [0.25, 0.3) is 0 Å². The van der Waals surface area contributed by atoms with E-state index in [2.05, 4.69) is 191 Å². The molecule has 0 spiro atoms. The summed E-state index contributed by atoms with van der Waals surface area (Å²) in [6.07, 6.45) is 0. The first-order valence-corrected chi connectivity index (χ1v) is 16.8. The number of thiophene rings is 1. The Balaban J connectivity index is 1.18. The van der Waals surface area contributed by atoms with Crippen molar-refractivity contribution in [1.82, 2.24) is 4.57 Å². The van der Waals surface area contributed by atoms with E-state index in [-0.39, 0.29) is 0 Å². The number of aromatic nitrogens is 1. The average Bonchev–Trinajstić information content (AvgIpc) is 3.69. The van der Waals surface area contributed by atoms with Gasteiger partial charge < -0.3 is 9.47 Å². The molecule has 2 nitrogen and oxygen atoms in total. The van der Waals surface area contributed by atoms with Crippen molar-refractivity contribution < 1.29 is 0 Å². The minimum Gasteiger partial charge on any atom is -0.309 e. The zero-order valence-corrected chi connectivity index (χ0v) is 26.4. The Morgan fingerprint density at radius 2 is 0.894 bits per heavy atom. The van der Waals surface area contributed by atoms with E-state index < -0.39 is 0 Å². The molecule has 2 heterocycles. The van der Waals surface area contributed by atoms with Crippen LogP contribution >= 0.6 is 11.3 Å². The number of hydrogen-bond donors (Lipinski definition) is 0. The standard InChI is InChI=1S/C44H30N2S/c1-4-13-31(14-5-1)32-23-25-33(26-24-32)34-27-29-37(30-28-34)45(35-15-6-2-7-16-35)41-22-12-20-39-42-44(47-43(39)41)38-19-10-11-21-40(38)46(42)36-17-8-3-9-18-36/h1-30H. The van der Waals surface area contributed by atoms with Crippen molar-refractivity contribution in [2.45, 2.75) is 0 Å². The van der Waals surface area contributed by atoms with Gasteiger partial charge in [-0.1, -0.05) is 133 Å². The summed E-state index contributed by atoms with van der Waals surface area (Å²) in [6, 6.07) is 65.3. The van der Waals surface area contributed by atoms with Crippen molar-refractivity contribution in [3.05, 3.63) is 182 Å². The second-order valence-electron chi connectivity index (χ2n) is 11.8. The molecule has 0 bridgehead atoms. The fourth-order valence-electron chi connectivity index (χ4n) is 6.79. The maximum atomic E-state index is 2.43. The molecule has 9 rings (SSSR count). The summed E-state index contributed by atoms with van der Waals surface area (Å²) in [6.45, 7) is 0. The molecule has 0 unspecified atom stereocenters. The molecule has 0 N–H and O–H groups in total. The fourth-order valence-corrected chi connectivity index (χ4v) is 8.11. The minimum atomic E-state index is 1.13. The molecule has 0 amide bonds. The molecule has 2 aromatic heterocycles. The third-order valence-corrected chi connectivity index (χ3v) is 10.3. The summed E-state index contributed by atoms with van der Waals surface area (Å²) in [5.41, 5.74) is 12.0. The second-order valence-corrected chi connectivity index (χ2v) is 12.8. The topological polar surface area (TPSA) is 8.17 Å².